The van der Waals surface area contributed by atoms with Gasteiger partial charge in [0.1, 0.15) is 6.29 Å². The Morgan fingerprint density at radius 3 is 2.44 bits per heavy atom. The molecule has 0 spiro atoms. The Bertz CT molecular complexity index is 425. The largest absolute Gasteiger partial charge is 0.504 e. The lowest BCUT2D eigenvalue weighted by atomic mass is 10.2. The van der Waals surface area contributed by atoms with Gasteiger partial charge < -0.3 is 14.9 Å². The maximum absolute atomic E-state index is 10.3. The van der Waals surface area contributed by atoms with Crippen molar-refractivity contribution in [1.82, 2.24) is 0 Å². The van der Waals surface area contributed by atoms with E-state index in [9.17, 15) is 14.7 Å². The highest BCUT2D eigenvalue weighted by molar-refractivity contribution is 5.84. The molecular formula is C13H16O5. The number of aromatic hydroxyl groups is 1. The third-order valence-corrected chi connectivity index (χ3v) is 1.78. The van der Waals surface area contributed by atoms with E-state index in [1.807, 2.05) is 6.92 Å². The maximum Gasteiger partial charge on any atom is 0.330 e. The first-order valence-corrected chi connectivity index (χ1v) is 5.22. The summed E-state index contributed by atoms with van der Waals surface area (Å²) < 4.78 is 5.07. The first-order valence-electron chi connectivity index (χ1n) is 5.22. The zero-order chi connectivity index (χ0) is 14.1. The quantitative estimate of drug-likeness (QED) is 0.634. The van der Waals surface area contributed by atoms with E-state index in [4.69, 9.17) is 9.84 Å². The van der Waals surface area contributed by atoms with Crippen LogP contribution in [0.1, 0.15) is 24.2 Å². The molecule has 0 heterocycles. The molecule has 1 aromatic rings. The molecule has 1 rings (SSSR count). The topological polar surface area (TPSA) is 83.8 Å². The lowest BCUT2D eigenvalue weighted by Gasteiger charge is -2.04. The summed E-state index contributed by atoms with van der Waals surface area (Å²) in [6.45, 7) is 6.88. The van der Waals surface area contributed by atoms with Crippen molar-refractivity contribution < 1.29 is 24.5 Å². The number of rotatable bonds is 4. The Kier molecular flexibility index (Phi) is 6.88. The van der Waals surface area contributed by atoms with Gasteiger partial charge >= 0.3 is 5.97 Å². The summed E-state index contributed by atoms with van der Waals surface area (Å²) in [7, 11) is 0. The molecule has 0 aromatic heterocycles. The predicted molar refractivity (Wildman–Crippen MR) is 67.1 cm³/mol. The number of aldehydes is 1. The highest BCUT2D eigenvalue weighted by atomic mass is 16.5. The van der Waals surface area contributed by atoms with Gasteiger partial charge in [-0.2, -0.15) is 0 Å². The fraction of sp³-hybridized carbons (Fsp3) is 0.231. The molecule has 0 aliphatic rings. The summed E-state index contributed by atoms with van der Waals surface area (Å²) in [5.41, 5.74) is 0.672. The number of carbonyl (C=O) groups is 2. The summed E-state index contributed by atoms with van der Waals surface area (Å²) >= 11 is 0. The number of ether oxygens (including phenoxy) is 1. The molecule has 0 saturated carbocycles. The Balaban J connectivity index is 0.000000411. The number of carboxylic acid groups (broad SMARTS) is 1. The van der Waals surface area contributed by atoms with E-state index in [0.717, 1.165) is 0 Å². The standard InChI is InChI=1S/C9H10O3.C4H6O2/c1-2-12-9-5-7(6-10)3-4-8(9)11;1-3(2)4(5)6/h3-6,11H,2H2,1H3;1H2,2H3,(H,5,6). The second kappa shape index (κ2) is 7.89. The minimum atomic E-state index is -0.935. The average Bonchev–Trinajstić information content (AvgIpc) is 2.33. The first-order chi connectivity index (χ1) is 8.42. The van der Waals surface area contributed by atoms with Crippen molar-refractivity contribution in [2.24, 2.45) is 0 Å². The summed E-state index contributed by atoms with van der Waals surface area (Å²) in [5.74, 6) is -0.528. The van der Waals surface area contributed by atoms with Crippen LogP contribution in [0.4, 0.5) is 0 Å². The van der Waals surface area contributed by atoms with Crippen LogP contribution in [0.5, 0.6) is 11.5 Å². The van der Waals surface area contributed by atoms with Gasteiger partial charge in [-0.25, -0.2) is 4.79 Å². The van der Waals surface area contributed by atoms with Gasteiger partial charge in [0.15, 0.2) is 11.5 Å². The van der Waals surface area contributed by atoms with Crippen LogP contribution < -0.4 is 4.74 Å². The lowest BCUT2D eigenvalue weighted by molar-refractivity contribution is -0.132. The van der Waals surface area contributed by atoms with Gasteiger partial charge in [0.2, 0.25) is 0 Å². The van der Waals surface area contributed by atoms with E-state index < -0.39 is 5.97 Å². The molecule has 0 fully saturated rings. The van der Waals surface area contributed by atoms with Crippen LogP contribution in [-0.2, 0) is 4.79 Å². The van der Waals surface area contributed by atoms with Crippen LogP contribution in [0.2, 0.25) is 0 Å². The fourth-order valence-electron chi connectivity index (χ4n) is 0.875. The Morgan fingerprint density at radius 2 is 2.06 bits per heavy atom. The fourth-order valence-corrected chi connectivity index (χ4v) is 0.875. The van der Waals surface area contributed by atoms with Gasteiger partial charge in [0.05, 0.1) is 6.61 Å². The minimum absolute atomic E-state index is 0.0578. The van der Waals surface area contributed by atoms with Crippen molar-refractivity contribution >= 4 is 12.3 Å². The predicted octanol–water partition coefficient (Wildman–Crippen LogP) is 2.25. The van der Waals surface area contributed by atoms with E-state index in [-0.39, 0.29) is 11.3 Å². The molecule has 18 heavy (non-hydrogen) atoms. The number of carboxylic acids is 1. The van der Waals surface area contributed by atoms with E-state index >= 15 is 0 Å². The van der Waals surface area contributed by atoms with Gasteiger partial charge in [-0.1, -0.05) is 6.58 Å². The number of phenols is 1. The molecule has 1 aromatic carbocycles. The Hall–Kier alpha value is -2.30. The highest BCUT2D eigenvalue weighted by Crippen LogP contribution is 2.25. The first kappa shape index (κ1) is 15.7. The summed E-state index contributed by atoms with van der Waals surface area (Å²) in [5, 5.41) is 17.1. The highest BCUT2D eigenvalue weighted by Gasteiger charge is 2.01. The maximum atomic E-state index is 10.3. The molecule has 0 saturated heterocycles. The zero-order valence-electron chi connectivity index (χ0n) is 10.3. The van der Waals surface area contributed by atoms with E-state index in [0.29, 0.717) is 24.2 Å². The van der Waals surface area contributed by atoms with Crippen LogP contribution >= 0.6 is 0 Å². The SMILES string of the molecule is C=C(C)C(=O)O.CCOc1cc(C=O)ccc1O. The van der Waals surface area contributed by atoms with Gasteiger partial charge in [-0.05, 0) is 32.0 Å². The Labute approximate surface area is 105 Å². The van der Waals surface area contributed by atoms with Gasteiger partial charge in [-0.15, -0.1) is 0 Å². The minimum Gasteiger partial charge on any atom is -0.504 e. The van der Waals surface area contributed by atoms with Crippen LogP contribution in [0, 0.1) is 0 Å². The monoisotopic (exact) mass is 252 g/mol. The number of aliphatic carboxylic acids is 1. The third-order valence-electron chi connectivity index (χ3n) is 1.78. The molecule has 0 unspecified atom stereocenters. The molecule has 0 atom stereocenters. The molecule has 2 N–H and O–H groups in total. The van der Waals surface area contributed by atoms with Crippen molar-refractivity contribution in [1.29, 1.82) is 0 Å². The molecular weight excluding hydrogens is 236 g/mol. The van der Waals surface area contributed by atoms with Crippen LogP contribution in [-0.4, -0.2) is 29.1 Å². The van der Waals surface area contributed by atoms with Crippen LogP contribution in [0.15, 0.2) is 30.4 Å². The Morgan fingerprint density at radius 1 is 1.50 bits per heavy atom. The zero-order valence-corrected chi connectivity index (χ0v) is 10.3. The molecule has 0 aliphatic carbocycles. The van der Waals surface area contributed by atoms with Crippen molar-refractivity contribution in [3.8, 4) is 11.5 Å². The second-order valence-corrected chi connectivity index (χ2v) is 3.36. The molecule has 0 bridgehead atoms. The summed E-state index contributed by atoms with van der Waals surface area (Å²) in [6, 6.07) is 4.48. The summed E-state index contributed by atoms with van der Waals surface area (Å²) in [6.07, 6.45) is 0.710. The van der Waals surface area contributed by atoms with Gasteiger partial charge in [0, 0.05) is 11.1 Å². The number of carbonyl (C=O) groups excluding carboxylic acids is 1. The van der Waals surface area contributed by atoms with Crippen molar-refractivity contribution in [2.75, 3.05) is 6.61 Å². The smallest absolute Gasteiger partial charge is 0.330 e. The van der Waals surface area contributed by atoms with E-state index in [2.05, 4.69) is 6.58 Å². The second-order valence-electron chi connectivity index (χ2n) is 3.36. The third kappa shape index (κ3) is 5.69. The van der Waals surface area contributed by atoms with Crippen molar-refractivity contribution in [3.05, 3.63) is 35.9 Å². The van der Waals surface area contributed by atoms with Gasteiger partial charge in [-0.3, -0.25) is 4.79 Å². The molecule has 5 heteroatoms. The van der Waals surface area contributed by atoms with Crippen molar-refractivity contribution in [3.63, 3.8) is 0 Å². The number of hydrogen-bond acceptors (Lipinski definition) is 4. The van der Waals surface area contributed by atoms with Crippen LogP contribution in [0.25, 0.3) is 0 Å². The number of benzene rings is 1. The molecule has 0 radical (unpaired) electrons. The molecule has 0 amide bonds. The molecule has 98 valence electrons. The van der Waals surface area contributed by atoms with E-state index in [1.165, 1.54) is 25.1 Å². The normalized spacial score (nSPS) is 8.78. The summed E-state index contributed by atoms with van der Waals surface area (Å²) in [4.78, 5) is 19.9. The molecule has 5 nitrogen and oxygen atoms in total. The number of hydrogen-bond donors (Lipinski definition) is 2. The van der Waals surface area contributed by atoms with Crippen LogP contribution in [0.3, 0.4) is 0 Å². The van der Waals surface area contributed by atoms with Crippen molar-refractivity contribution in [2.45, 2.75) is 13.8 Å². The van der Waals surface area contributed by atoms with E-state index in [1.54, 1.807) is 0 Å². The van der Waals surface area contributed by atoms with Gasteiger partial charge in [0.25, 0.3) is 0 Å². The lowest BCUT2D eigenvalue weighted by Crippen LogP contribution is -1.92. The average molecular weight is 252 g/mol. The number of phenolic OH excluding ortho intramolecular Hbond substituents is 1. The molecule has 0 aliphatic heterocycles.